The van der Waals surface area contributed by atoms with E-state index in [1.54, 1.807) is 6.92 Å². The van der Waals surface area contributed by atoms with Crippen molar-refractivity contribution in [2.75, 3.05) is 20.3 Å². The van der Waals surface area contributed by atoms with E-state index in [4.69, 9.17) is 4.74 Å². The summed E-state index contributed by atoms with van der Waals surface area (Å²) in [5, 5.41) is 12.7. The van der Waals surface area contributed by atoms with Gasteiger partial charge in [0.25, 0.3) is 11.8 Å². The van der Waals surface area contributed by atoms with Crippen molar-refractivity contribution in [3.8, 4) is 5.75 Å². The Labute approximate surface area is 170 Å². The van der Waals surface area contributed by atoms with E-state index >= 15 is 0 Å². The lowest BCUT2D eigenvalue weighted by molar-refractivity contribution is 0.0494. The molecule has 0 bridgehead atoms. The van der Waals surface area contributed by atoms with Crippen LogP contribution in [-0.2, 0) is 17.8 Å². The third-order valence-corrected chi connectivity index (χ3v) is 4.94. The predicted octanol–water partition coefficient (Wildman–Crippen LogP) is 1.25. The minimum atomic E-state index is -1.01. The summed E-state index contributed by atoms with van der Waals surface area (Å²) in [6, 6.07) is 2.64. The Bertz CT molecular complexity index is 1050. The van der Waals surface area contributed by atoms with Crippen LogP contribution in [0.5, 0.6) is 5.75 Å². The van der Waals surface area contributed by atoms with Crippen molar-refractivity contribution in [1.29, 1.82) is 0 Å². The normalized spacial score (nSPS) is 14.4. The van der Waals surface area contributed by atoms with Crippen molar-refractivity contribution < 1.29 is 28.2 Å². The standard InChI is InChI=1S/C20H21F2N3O5/c1-11(10-30-2)25-6-5-24-9-14(17(26)18(27)16(24)20(25)29)19(28)23-8-12-3-4-13(21)7-15(12)22/h3-4,7,9,11,27H,5-6,8,10H2,1-2H3,(H,23,28). The molecule has 30 heavy (non-hydrogen) atoms. The maximum Gasteiger partial charge on any atom is 0.274 e. The van der Waals surface area contributed by atoms with Gasteiger partial charge in [-0.25, -0.2) is 8.78 Å². The first-order valence-corrected chi connectivity index (χ1v) is 9.23. The monoisotopic (exact) mass is 421 g/mol. The number of carbonyl (C=O) groups is 2. The second-order valence-corrected chi connectivity index (χ2v) is 6.98. The Hall–Kier alpha value is -3.27. The zero-order valence-corrected chi connectivity index (χ0v) is 16.4. The van der Waals surface area contributed by atoms with E-state index in [0.29, 0.717) is 12.6 Å². The van der Waals surface area contributed by atoms with Gasteiger partial charge in [0, 0.05) is 44.6 Å². The lowest BCUT2D eigenvalue weighted by atomic mass is 10.1. The van der Waals surface area contributed by atoms with Crippen LogP contribution in [0.1, 0.15) is 33.3 Å². The average Bonchev–Trinajstić information content (AvgIpc) is 2.69. The fourth-order valence-electron chi connectivity index (χ4n) is 3.35. The number of nitrogens with zero attached hydrogens (tertiary/aromatic N) is 2. The fourth-order valence-corrected chi connectivity index (χ4v) is 3.35. The highest BCUT2D eigenvalue weighted by molar-refractivity contribution is 5.99. The Morgan fingerprint density at radius 1 is 1.30 bits per heavy atom. The third-order valence-electron chi connectivity index (χ3n) is 4.94. The zero-order chi connectivity index (χ0) is 22.0. The molecule has 0 radical (unpaired) electrons. The fraction of sp³-hybridized carbons (Fsp3) is 0.350. The molecule has 1 atom stereocenters. The molecular formula is C20H21F2N3O5. The van der Waals surface area contributed by atoms with Gasteiger partial charge in [0.1, 0.15) is 17.2 Å². The molecule has 0 fully saturated rings. The molecule has 1 aromatic carbocycles. The molecule has 2 N–H and O–H groups in total. The number of carbonyl (C=O) groups excluding carboxylic acids is 2. The molecule has 1 aliphatic rings. The van der Waals surface area contributed by atoms with Gasteiger partial charge in [-0.3, -0.25) is 14.4 Å². The van der Waals surface area contributed by atoms with Gasteiger partial charge in [0.05, 0.1) is 12.6 Å². The van der Waals surface area contributed by atoms with Crippen molar-refractivity contribution >= 4 is 11.8 Å². The first kappa shape index (κ1) is 21.4. The minimum absolute atomic E-state index is 0.0324. The molecule has 0 spiro atoms. The van der Waals surface area contributed by atoms with E-state index in [0.717, 1.165) is 6.07 Å². The van der Waals surface area contributed by atoms with Gasteiger partial charge in [-0.05, 0) is 13.0 Å². The molecule has 10 heteroatoms. The molecule has 160 valence electrons. The van der Waals surface area contributed by atoms with Crippen molar-refractivity contribution in [3.63, 3.8) is 0 Å². The van der Waals surface area contributed by atoms with Crippen LogP contribution in [0.4, 0.5) is 8.78 Å². The molecule has 2 aromatic rings. The topological polar surface area (TPSA) is 101 Å². The highest BCUT2D eigenvalue weighted by Gasteiger charge is 2.32. The average molecular weight is 421 g/mol. The van der Waals surface area contributed by atoms with Crippen LogP contribution in [0.2, 0.25) is 0 Å². The number of halogens is 2. The Morgan fingerprint density at radius 2 is 2.03 bits per heavy atom. The van der Waals surface area contributed by atoms with E-state index < -0.39 is 34.6 Å². The van der Waals surface area contributed by atoms with Crippen molar-refractivity contribution in [2.24, 2.45) is 0 Å². The highest BCUT2D eigenvalue weighted by atomic mass is 19.1. The van der Waals surface area contributed by atoms with Gasteiger partial charge in [0.15, 0.2) is 11.4 Å². The summed E-state index contributed by atoms with van der Waals surface area (Å²) in [5.41, 5.74) is -1.56. The van der Waals surface area contributed by atoms with Crippen LogP contribution in [0, 0.1) is 11.6 Å². The van der Waals surface area contributed by atoms with Crippen LogP contribution < -0.4 is 10.7 Å². The summed E-state index contributed by atoms with van der Waals surface area (Å²) in [6.45, 7) is 2.35. The first-order chi connectivity index (χ1) is 14.2. The van der Waals surface area contributed by atoms with Gasteiger partial charge in [-0.1, -0.05) is 6.07 Å². The Kier molecular flexibility index (Phi) is 6.16. The highest BCUT2D eigenvalue weighted by Crippen LogP contribution is 2.22. The predicted molar refractivity (Wildman–Crippen MR) is 102 cm³/mol. The molecule has 8 nitrogen and oxygen atoms in total. The van der Waals surface area contributed by atoms with Crippen LogP contribution >= 0.6 is 0 Å². The summed E-state index contributed by atoms with van der Waals surface area (Å²) < 4.78 is 33.1. The van der Waals surface area contributed by atoms with Gasteiger partial charge < -0.3 is 24.6 Å². The number of fused-ring (bicyclic) bond motifs is 1. The number of rotatable bonds is 6. The summed E-state index contributed by atoms with van der Waals surface area (Å²) in [5.74, 6) is -3.80. The molecule has 2 amide bonds. The van der Waals surface area contributed by atoms with E-state index in [-0.39, 0.29) is 42.6 Å². The Balaban J connectivity index is 1.84. The van der Waals surface area contributed by atoms with Gasteiger partial charge in [-0.2, -0.15) is 0 Å². The number of aromatic hydroxyl groups is 1. The largest absolute Gasteiger partial charge is 0.503 e. The number of benzene rings is 1. The molecule has 3 rings (SSSR count). The molecule has 0 saturated heterocycles. The summed E-state index contributed by atoms with van der Waals surface area (Å²) >= 11 is 0. The minimum Gasteiger partial charge on any atom is -0.503 e. The number of aromatic nitrogens is 1. The smallest absolute Gasteiger partial charge is 0.274 e. The summed E-state index contributed by atoms with van der Waals surface area (Å²) in [4.78, 5) is 39.2. The number of hydrogen-bond acceptors (Lipinski definition) is 5. The number of pyridine rings is 1. The molecule has 0 saturated carbocycles. The molecule has 2 heterocycles. The van der Waals surface area contributed by atoms with Gasteiger partial charge in [0.2, 0.25) is 5.43 Å². The number of amides is 2. The maximum atomic E-state index is 13.7. The molecule has 0 aliphatic carbocycles. The lowest BCUT2D eigenvalue weighted by Gasteiger charge is -2.34. The number of ether oxygens (including phenoxy) is 1. The van der Waals surface area contributed by atoms with Crippen molar-refractivity contribution in [2.45, 2.75) is 26.1 Å². The van der Waals surface area contributed by atoms with E-state index in [9.17, 15) is 28.3 Å². The molecule has 1 aliphatic heterocycles. The van der Waals surface area contributed by atoms with E-state index in [2.05, 4.69) is 5.32 Å². The third kappa shape index (κ3) is 4.04. The number of nitrogens with one attached hydrogen (secondary N) is 1. The van der Waals surface area contributed by atoms with Crippen LogP contribution in [-0.4, -0.2) is 52.7 Å². The van der Waals surface area contributed by atoms with E-state index in [1.165, 1.54) is 28.8 Å². The second kappa shape index (κ2) is 8.62. The molecule has 1 unspecified atom stereocenters. The van der Waals surface area contributed by atoms with Crippen LogP contribution in [0.15, 0.2) is 29.2 Å². The summed E-state index contributed by atoms with van der Waals surface area (Å²) in [6.07, 6.45) is 1.20. The quantitative estimate of drug-likeness (QED) is 0.731. The first-order valence-electron chi connectivity index (χ1n) is 9.23. The van der Waals surface area contributed by atoms with Crippen LogP contribution in [0.3, 0.4) is 0 Å². The second-order valence-electron chi connectivity index (χ2n) is 6.98. The van der Waals surface area contributed by atoms with E-state index in [1.807, 2.05) is 0 Å². The SMILES string of the molecule is COCC(C)N1CCn2cc(C(=O)NCc3ccc(F)cc3F)c(=O)c(O)c2C1=O. The van der Waals surface area contributed by atoms with Gasteiger partial charge in [-0.15, -0.1) is 0 Å². The molecular weight excluding hydrogens is 400 g/mol. The summed E-state index contributed by atoms with van der Waals surface area (Å²) in [7, 11) is 1.50. The van der Waals surface area contributed by atoms with Crippen molar-refractivity contribution in [3.05, 3.63) is 63.1 Å². The maximum absolute atomic E-state index is 13.7. The van der Waals surface area contributed by atoms with Gasteiger partial charge >= 0.3 is 0 Å². The zero-order valence-electron chi connectivity index (χ0n) is 16.4. The number of hydrogen-bond donors (Lipinski definition) is 2. The molecule has 1 aromatic heterocycles. The van der Waals surface area contributed by atoms with Crippen LogP contribution in [0.25, 0.3) is 0 Å². The lowest BCUT2D eigenvalue weighted by Crippen LogP contribution is -2.48. The Morgan fingerprint density at radius 3 is 2.70 bits per heavy atom. The van der Waals surface area contributed by atoms with Crippen molar-refractivity contribution in [1.82, 2.24) is 14.8 Å². The number of methoxy groups -OCH3 is 1.